The number of carboxylic acid groups (broad SMARTS) is 1. The first kappa shape index (κ1) is 16.2. The van der Waals surface area contributed by atoms with E-state index in [4.69, 9.17) is 10.8 Å². The van der Waals surface area contributed by atoms with Crippen molar-refractivity contribution in [1.29, 1.82) is 0 Å². The number of carboxylic acids is 1. The van der Waals surface area contributed by atoms with Crippen molar-refractivity contribution in [2.75, 3.05) is 0 Å². The monoisotopic (exact) mass is 374 g/mol. The Morgan fingerprint density at radius 3 is 2.68 bits per heavy atom. The summed E-state index contributed by atoms with van der Waals surface area (Å²) in [5, 5.41) is 18.6. The summed E-state index contributed by atoms with van der Waals surface area (Å²) in [7, 11) is 0. The van der Waals surface area contributed by atoms with E-state index >= 15 is 0 Å². The summed E-state index contributed by atoms with van der Waals surface area (Å²) in [5.74, 6) is -3.97. The molecule has 0 unspecified atom stereocenters. The minimum absolute atomic E-state index is 0.0402. The number of hydrogen-bond donors (Lipinski definition) is 3. The molecule has 1 heterocycles. The predicted molar refractivity (Wildman–Crippen MR) is 75.5 cm³/mol. The number of aromatic hydroxyl groups is 1. The van der Waals surface area contributed by atoms with Crippen LogP contribution in [0.1, 0.15) is 28.8 Å². The zero-order valence-corrected chi connectivity index (χ0v) is 12.8. The summed E-state index contributed by atoms with van der Waals surface area (Å²) in [6.45, 7) is -0.219. The van der Waals surface area contributed by atoms with E-state index in [9.17, 15) is 23.9 Å². The van der Waals surface area contributed by atoms with Crippen LogP contribution in [0.3, 0.4) is 0 Å². The minimum Gasteiger partial charge on any atom is -0.506 e. The molecular weight excluding hydrogens is 363 g/mol. The number of benzene rings is 1. The van der Waals surface area contributed by atoms with Crippen molar-refractivity contribution >= 4 is 33.7 Å². The van der Waals surface area contributed by atoms with E-state index in [0.29, 0.717) is 0 Å². The highest BCUT2D eigenvalue weighted by molar-refractivity contribution is 9.10. The Morgan fingerprint density at radius 1 is 1.50 bits per heavy atom. The van der Waals surface area contributed by atoms with Crippen molar-refractivity contribution in [2.24, 2.45) is 5.73 Å². The Kier molecular flexibility index (Phi) is 4.36. The fourth-order valence-corrected chi connectivity index (χ4v) is 2.83. The Bertz CT molecular complexity index is 679. The number of primary amides is 1. The summed E-state index contributed by atoms with van der Waals surface area (Å²) >= 11 is 2.97. The van der Waals surface area contributed by atoms with Crippen molar-refractivity contribution in [2.45, 2.75) is 25.4 Å². The highest BCUT2D eigenvalue weighted by atomic mass is 79.9. The van der Waals surface area contributed by atoms with Gasteiger partial charge in [0.2, 0.25) is 5.91 Å². The van der Waals surface area contributed by atoms with Crippen LogP contribution in [0.15, 0.2) is 10.5 Å². The number of halogens is 2. The van der Waals surface area contributed by atoms with Crippen LogP contribution >= 0.6 is 15.9 Å². The second kappa shape index (κ2) is 5.91. The summed E-state index contributed by atoms with van der Waals surface area (Å²) in [4.78, 5) is 35.4. The van der Waals surface area contributed by atoms with E-state index in [1.807, 2.05) is 0 Å². The van der Waals surface area contributed by atoms with Gasteiger partial charge in [-0.3, -0.25) is 14.4 Å². The number of phenolic OH excluding ortho intramolecular Hbond substituents is 1. The van der Waals surface area contributed by atoms with Gasteiger partial charge in [0.1, 0.15) is 17.6 Å². The van der Waals surface area contributed by atoms with Crippen molar-refractivity contribution in [3.05, 3.63) is 27.5 Å². The van der Waals surface area contributed by atoms with E-state index in [-0.39, 0.29) is 40.7 Å². The van der Waals surface area contributed by atoms with Crippen molar-refractivity contribution in [1.82, 2.24) is 4.90 Å². The predicted octanol–water partition coefficient (Wildman–Crippen LogP) is 0.968. The SMILES string of the molecule is NC(=O)[C@H](CCC(=O)O)N1Cc2c(O)c(Br)cc(F)c2C1=O. The maximum absolute atomic E-state index is 13.9. The van der Waals surface area contributed by atoms with Gasteiger partial charge in [-0.05, 0) is 28.4 Å². The van der Waals surface area contributed by atoms with Crippen LogP contribution < -0.4 is 5.73 Å². The molecule has 0 saturated heterocycles. The lowest BCUT2D eigenvalue weighted by Crippen LogP contribution is -2.45. The molecule has 0 aromatic heterocycles. The molecule has 1 aromatic carbocycles. The van der Waals surface area contributed by atoms with Gasteiger partial charge < -0.3 is 20.8 Å². The lowest BCUT2D eigenvalue weighted by Gasteiger charge is -2.24. The summed E-state index contributed by atoms with van der Waals surface area (Å²) < 4.78 is 14.0. The Balaban J connectivity index is 2.37. The third-order valence-corrected chi connectivity index (χ3v) is 4.05. The smallest absolute Gasteiger partial charge is 0.303 e. The maximum atomic E-state index is 13.9. The Labute approximate surface area is 132 Å². The number of rotatable bonds is 5. The van der Waals surface area contributed by atoms with Crippen molar-refractivity contribution in [3.8, 4) is 5.75 Å². The van der Waals surface area contributed by atoms with Crippen LogP contribution in [-0.4, -0.2) is 38.9 Å². The van der Waals surface area contributed by atoms with Gasteiger partial charge in [0, 0.05) is 12.0 Å². The normalized spacial score (nSPS) is 14.8. The number of carbonyl (C=O) groups is 3. The third-order valence-electron chi connectivity index (χ3n) is 3.45. The molecule has 0 radical (unpaired) electrons. The summed E-state index contributed by atoms with van der Waals surface area (Å²) in [5.41, 5.74) is 4.92. The van der Waals surface area contributed by atoms with Gasteiger partial charge in [0.05, 0.1) is 16.6 Å². The van der Waals surface area contributed by atoms with Gasteiger partial charge in [-0.25, -0.2) is 4.39 Å². The lowest BCUT2D eigenvalue weighted by molar-refractivity contribution is -0.137. The van der Waals surface area contributed by atoms with E-state index in [1.165, 1.54) is 0 Å². The van der Waals surface area contributed by atoms with Crippen LogP contribution in [0, 0.1) is 5.82 Å². The molecule has 9 heteroatoms. The van der Waals surface area contributed by atoms with Crippen molar-refractivity contribution in [3.63, 3.8) is 0 Å². The number of nitrogens with two attached hydrogens (primary N) is 1. The number of carbonyl (C=O) groups excluding carboxylic acids is 2. The molecule has 1 atom stereocenters. The first-order valence-corrected chi connectivity index (χ1v) is 7.05. The van der Waals surface area contributed by atoms with Crippen LogP contribution in [0.2, 0.25) is 0 Å². The van der Waals surface area contributed by atoms with E-state index < -0.39 is 29.6 Å². The van der Waals surface area contributed by atoms with Gasteiger partial charge in [0.25, 0.3) is 5.91 Å². The number of hydrogen-bond acceptors (Lipinski definition) is 4. The van der Waals surface area contributed by atoms with Gasteiger partial charge >= 0.3 is 5.97 Å². The lowest BCUT2D eigenvalue weighted by atomic mass is 10.1. The Morgan fingerprint density at radius 2 is 2.14 bits per heavy atom. The molecule has 22 heavy (non-hydrogen) atoms. The Hall–Kier alpha value is -2.16. The molecule has 2 rings (SSSR count). The second-order valence-electron chi connectivity index (χ2n) is 4.83. The molecule has 7 nitrogen and oxygen atoms in total. The maximum Gasteiger partial charge on any atom is 0.303 e. The molecule has 0 fully saturated rings. The van der Waals surface area contributed by atoms with Gasteiger partial charge in [0.15, 0.2) is 0 Å². The first-order chi connectivity index (χ1) is 10.2. The molecule has 0 bridgehead atoms. The van der Waals surface area contributed by atoms with E-state index in [2.05, 4.69) is 15.9 Å². The number of amides is 2. The van der Waals surface area contributed by atoms with Crippen LogP contribution in [-0.2, 0) is 16.1 Å². The molecule has 1 aromatic rings. The van der Waals surface area contributed by atoms with Crippen molar-refractivity contribution < 1.29 is 29.0 Å². The number of nitrogens with zero attached hydrogens (tertiary/aromatic N) is 1. The van der Waals surface area contributed by atoms with Gasteiger partial charge in [-0.1, -0.05) is 0 Å². The topological polar surface area (TPSA) is 121 Å². The fraction of sp³-hybridized carbons (Fsp3) is 0.308. The molecule has 1 aliphatic heterocycles. The van der Waals surface area contributed by atoms with Crippen LogP contribution in [0.4, 0.5) is 4.39 Å². The standard InChI is InChI=1S/C13H12BrFN2O5/c14-6-3-7(15)10-5(11(6)20)4-17(13(10)22)8(12(16)21)1-2-9(18)19/h3,8,20H,1-2,4H2,(H2,16,21)(H,18,19)/t8-/m0/s1. The average molecular weight is 375 g/mol. The van der Waals surface area contributed by atoms with Gasteiger partial charge in [-0.15, -0.1) is 0 Å². The molecule has 0 spiro atoms. The molecule has 118 valence electrons. The molecule has 2 amide bonds. The first-order valence-electron chi connectivity index (χ1n) is 6.26. The van der Waals surface area contributed by atoms with E-state index in [0.717, 1.165) is 11.0 Å². The summed E-state index contributed by atoms with van der Waals surface area (Å²) in [6.07, 6.45) is -0.556. The van der Waals surface area contributed by atoms with Crippen LogP contribution in [0.25, 0.3) is 0 Å². The zero-order chi connectivity index (χ0) is 16.6. The van der Waals surface area contributed by atoms with Gasteiger partial charge in [-0.2, -0.15) is 0 Å². The van der Waals surface area contributed by atoms with E-state index in [1.54, 1.807) is 0 Å². The number of aliphatic carboxylic acids is 1. The minimum atomic E-state index is -1.19. The fourth-order valence-electron chi connectivity index (χ4n) is 2.39. The largest absolute Gasteiger partial charge is 0.506 e. The quantitative estimate of drug-likeness (QED) is 0.708. The number of phenols is 1. The highest BCUT2D eigenvalue weighted by Gasteiger charge is 2.39. The third kappa shape index (κ3) is 2.76. The zero-order valence-electron chi connectivity index (χ0n) is 11.2. The molecule has 0 aliphatic carbocycles. The molecule has 4 N–H and O–H groups in total. The average Bonchev–Trinajstić information content (AvgIpc) is 2.74. The number of fused-ring (bicyclic) bond motifs is 1. The molecular formula is C13H12BrFN2O5. The summed E-state index contributed by atoms with van der Waals surface area (Å²) in [6, 6.07) is -0.236. The molecule has 1 aliphatic rings. The molecule has 0 saturated carbocycles. The van der Waals surface area contributed by atoms with Crippen LogP contribution in [0.5, 0.6) is 5.75 Å². The highest BCUT2D eigenvalue weighted by Crippen LogP contribution is 2.38. The second-order valence-corrected chi connectivity index (χ2v) is 5.68.